The second-order valence-corrected chi connectivity index (χ2v) is 10.5. The highest BCUT2D eigenvalue weighted by Crippen LogP contribution is 2.39. The fourth-order valence-corrected chi connectivity index (χ4v) is 5.45. The fourth-order valence-electron chi connectivity index (χ4n) is 5.45. The second-order valence-electron chi connectivity index (χ2n) is 10.5. The van der Waals surface area contributed by atoms with Crippen molar-refractivity contribution >= 4 is 23.5 Å². The normalized spacial score (nSPS) is 22.7. The zero-order valence-corrected chi connectivity index (χ0v) is 21.4. The average molecular weight is 499 g/mol. The highest BCUT2D eigenvalue weighted by Gasteiger charge is 2.48. The molecule has 2 aliphatic rings. The van der Waals surface area contributed by atoms with Crippen LogP contribution in [0.1, 0.15) is 89.1 Å². The Kier molecular flexibility index (Phi) is 8.48. The van der Waals surface area contributed by atoms with Crippen molar-refractivity contribution in [3.05, 3.63) is 36.0 Å². The predicted molar refractivity (Wildman–Crippen MR) is 134 cm³/mol. The number of anilines is 1. The molecular weight excluding hydrogens is 460 g/mol. The fraction of sp³-hybridized carbons (Fsp3) is 0.630. The molecule has 9 nitrogen and oxygen atoms in total. The van der Waals surface area contributed by atoms with E-state index in [1.54, 1.807) is 30.2 Å². The molecule has 0 radical (unpaired) electrons. The summed E-state index contributed by atoms with van der Waals surface area (Å²) in [7, 11) is 0. The van der Waals surface area contributed by atoms with Crippen molar-refractivity contribution in [2.24, 2.45) is 5.92 Å². The summed E-state index contributed by atoms with van der Waals surface area (Å²) < 4.78 is 10.6. The van der Waals surface area contributed by atoms with E-state index < -0.39 is 5.54 Å². The molecule has 196 valence electrons. The van der Waals surface area contributed by atoms with Crippen molar-refractivity contribution in [2.75, 3.05) is 5.32 Å². The topological polar surface area (TPSA) is 118 Å². The van der Waals surface area contributed by atoms with Gasteiger partial charge in [-0.15, -0.1) is 0 Å². The zero-order chi connectivity index (χ0) is 25.5. The van der Waals surface area contributed by atoms with Crippen molar-refractivity contribution in [3.8, 4) is 0 Å². The summed E-state index contributed by atoms with van der Waals surface area (Å²) in [6, 6.07) is 5.37. The third kappa shape index (κ3) is 6.36. The van der Waals surface area contributed by atoms with Crippen LogP contribution in [0.3, 0.4) is 0 Å². The SMILES string of the molecule is Cc1cc(NC(=O)CCC(=O)N(Cc2ccco2)C2(C(=O)NC3CCCCC3)CCC(C)CC2)no1. The van der Waals surface area contributed by atoms with Gasteiger partial charge in [-0.1, -0.05) is 31.3 Å². The number of furan rings is 1. The highest BCUT2D eigenvalue weighted by atomic mass is 16.5. The molecule has 0 saturated heterocycles. The van der Waals surface area contributed by atoms with E-state index in [9.17, 15) is 14.4 Å². The van der Waals surface area contributed by atoms with E-state index in [1.165, 1.54) is 6.42 Å². The number of aromatic nitrogens is 1. The standard InChI is InChI=1S/C27H38N4O5/c1-19-12-14-27(15-13-19,26(34)28-21-7-4-3-5-8-21)31(18-22-9-6-16-35-22)25(33)11-10-24(32)29-23-17-20(2)36-30-23/h6,9,16-17,19,21H,3-5,7-8,10-15,18H2,1-2H3,(H,28,34)(H,29,30,32). The van der Waals surface area contributed by atoms with E-state index >= 15 is 0 Å². The molecular formula is C27H38N4O5. The molecule has 2 aliphatic carbocycles. The summed E-state index contributed by atoms with van der Waals surface area (Å²) in [5.74, 6) is 1.40. The first-order chi connectivity index (χ1) is 17.4. The van der Waals surface area contributed by atoms with Gasteiger partial charge in [-0.05, 0) is 63.5 Å². The number of amides is 3. The second kappa shape index (κ2) is 11.8. The first kappa shape index (κ1) is 26.0. The number of aryl methyl sites for hydroxylation is 1. The van der Waals surface area contributed by atoms with Crippen molar-refractivity contribution in [2.45, 2.75) is 103 Å². The lowest BCUT2D eigenvalue weighted by molar-refractivity contribution is -0.153. The van der Waals surface area contributed by atoms with Crippen molar-refractivity contribution < 1.29 is 23.3 Å². The van der Waals surface area contributed by atoms with E-state index in [-0.39, 0.29) is 43.1 Å². The molecule has 2 heterocycles. The third-order valence-corrected chi connectivity index (χ3v) is 7.64. The van der Waals surface area contributed by atoms with Gasteiger partial charge in [0.2, 0.25) is 17.7 Å². The lowest BCUT2D eigenvalue weighted by atomic mass is 9.74. The van der Waals surface area contributed by atoms with Crippen LogP contribution in [0.25, 0.3) is 0 Å². The third-order valence-electron chi connectivity index (χ3n) is 7.64. The first-order valence-corrected chi connectivity index (χ1v) is 13.2. The van der Waals surface area contributed by atoms with Crippen molar-refractivity contribution in [1.29, 1.82) is 0 Å². The van der Waals surface area contributed by atoms with Crippen LogP contribution >= 0.6 is 0 Å². The molecule has 0 unspecified atom stereocenters. The summed E-state index contributed by atoms with van der Waals surface area (Å²) in [6.07, 6.45) is 9.86. The van der Waals surface area contributed by atoms with Crippen LogP contribution in [-0.4, -0.2) is 39.4 Å². The summed E-state index contributed by atoms with van der Waals surface area (Å²) in [5, 5.41) is 9.73. The Labute approximate surface area is 212 Å². The van der Waals surface area contributed by atoms with E-state index in [0.717, 1.165) is 38.5 Å². The molecule has 4 rings (SSSR count). The molecule has 0 bridgehead atoms. The van der Waals surface area contributed by atoms with Gasteiger partial charge in [-0.3, -0.25) is 14.4 Å². The Morgan fingerprint density at radius 2 is 1.86 bits per heavy atom. The number of nitrogens with zero attached hydrogens (tertiary/aromatic N) is 2. The van der Waals surface area contributed by atoms with Crippen LogP contribution < -0.4 is 10.6 Å². The molecule has 3 amide bonds. The number of hydrogen-bond acceptors (Lipinski definition) is 6. The maximum atomic E-state index is 13.9. The van der Waals surface area contributed by atoms with E-state index in [4.69, 9.17) is 8.94 Å². The molecule has 2 N–H and O–H groups in total. The number of carbonyl (C=O) groups is 3. The van der Waals surface area contributed by atoms with E-state index in [2.05, 4.69) is 22.7 Å². The maximum absolute atomic E-state index is 13.9. The summed E-state index contributed by atoms with van der Waals surface area (Å²) >= 11 is 0. The molecule has 2 fully saturated rings. The lowest BCUT2D eigenvalue weighted by Crippen LogP contribution is -2.63. The van der Waals surface area contributed by atoms with E-state index in [1.807, 2.05) is 6.07 Å². The van der Waals surface area contributed by atoms with Crippen LogP contribution in [0.15, 0.2) is 33.4 Å². The van der Waals surface area contributed by atoms with Crippen molar-refractivity contribution in [1.82, 2.24) is 15.4 Å². The first-order valence-electron chi connectivity index (χ1n) is 13.2. The highest BCUT2D eigenvalue weighted by molar-refractivity contribution is 5.95. The van der Waals surface area contributed by atoms with Gasteiger partial charge >= 0.3 is 0 Å². The minimum Gasteiger partial charge on any atom is -0.467 e. The largest absolute Gasteiger partial charge is 0.467 e. The zero-order valence-electron chi connectivity index (χ0n) is 21.4. The summed E-state index contributed by atoms with van der Waals surface area (Å²) in [5.41, 5.74) is -0.951. The molecule has 0 aliphatic heterocycles. The maximum Gasteiger partial charge on any atom is 0.246 e. The Bertz CT molecular complexity index is 1020. The van der Waals surface area contributed by atoms with Gasteiger partial charge in [0.05, 0.1) is 12.8 Å². The molecule has 0 aromatic carbocycles. The molecule has 0 spiro atoms. The number of nitrogens with one attached hydrogen (secondary N) is 2. The van der Waals surface area contributed by atoms with Crippen molar-refractivity contribution in [3.63, 3.8) is 0 Å². The Balaban J connectivity index is 1.52. The molecule has 9 heteroatoms. The van der Waals surface area contributed by atoms with Crippen LogP contribution in [-0.2, 0) is 20.9 Å². The van der Waals surface area contributed by atoms with Gasteiger partial charge in [0.25, 0.3) is 0 Å². The Hall–Kier alpha value is -3.10. The number of hydrogen-bond donors (Lipinski definition) is 2. The van der Waals surface area contributed by atoms with E-state index in [0.29, 0.717) is 36.1 Å². The summed E-state index contributed by atoms with van der Waals surface area (Å²) in [6.45, 7) is 4.13. The van der Waals surface area contributed by atoms with Crippen LogP contribution in [0.4, 0.5) is 5.82 Å². The van der Waals surface area contributed by atoms with Gasteiger partial charge in [0.15, 0.2) is 5.82 Å². The lowest BCUT2D eigenvalue weighted by Gasteiger charge is -2.47. The number of rotatable bonds is 9. The molecule has 36 heavy (non-hydrogen) atoms. The molecule has 2 aromatic heterocycles. The minimum atomic E-state index is -0.951. The Morgan fingerprint density at radius 1 is 1.11 bits per heavy atom. The van der Waals surface area contributed by atoms with Crippen LogP contribution in [0.2, 0.25) is 0 Å². The van der Waals surface area contributed by atoms with Gasteiger partial charge in [-0.2, -0.15) is 0 Å². The average Bonchev–Trinajstić information content (AvgIpc) is 3.54. The van der Waals surface area contributed by atoms with Gasteiger partial charge in [0.1, 0.15) is 17.1 Å². The Morgan fingerprint density at radius 3 is 2.50 bits per heavy atom. The number of carbonyl (C=O) groups excluding carboxylic acids is 3. The smallest absolute Gasteiger partial charge is 0.246 e. The summed E-state index contributed by atoms with van der Waals surface area (Å²) in [4.78, 5) is 41.8. The van der Waals surface area contributed by atoms with Crippen LogP contribution in [0.5, 0.6) is 0 Å². The minimum absolute atomic E-state index is 0.0165. The monoisotopic (exact) mass is 498 g/mol. The molecule has 2 aromatic rings. The van der Waals surface area contributed by atoms with Gasteiger partial charge < -0.3 is 24.5 Å². The quantitative estimate of drug-likeness (QED) is 0.516. The molecule has 2 saturated carbocycles. The van der Waals surface area contributed by atoms with Crippen LogP contribution in [0, 0.1) is 12.8 Å². The molecule has 0 atom stereocenters. The van der Waals surface area contributed by atoms with Gasteiger partial charge in [-0.25, -0.2) is 0 Å². The predicted octanol–water partition coefficient (Wildman–Crippen LogP) is 4.72. The van der Waals surface area contributed by atoms with Gasteiger partial charge in [0, 0.05) is 24.9 Å².